The van der Waals surface area contributed by atoms with Crippen molar-refractivity contribution >= 4 is 33.9 Å². The van der Waals surface area contributed by atoms with E-state index in [2.05, 4.69) is 10.3 Å². The molecule has 4 rings (SSSR count). The Balaban J connectivity index is 1.66. The van der Waals surface area contributed by atoms with E-state index >= 15 is 0 Å². The molecular weight excluding hydrogens is 382 g/mol. The lowest BCUT2D eigenvalue weighted by Gasteiger charge is -2.10. The maximum Gasteiger partial charge on any atom is 0.294 e. The van der Waals surface area contributed by atoms with Gasteiger partial charge in [0.25, 0.3) is 5.91 Å². The Morgan fingerprint density at radius 3 is 2.83 bits per heavy atom. The van der Waals surface area contributed by atoms with Gasteiger partial charge in [-0.2, -0.15) is 0 Å². The van der Waals surface area contributed by atoms with Crippen LogP contribution in [-0.4, -0.2) is 35.8 Å². The zero-order valence-corrected chi connectivity index (χ0v) is 17.4. The number of aryl methyl sites for hydroxylation is 2. The molecular formula is C23H25N3O4. The van der Waals surface area contributed by atoms with Crippen molar-refractivity contribution in [3.8, 4) is 5.75 Å². The Morgan fingerprint density at radius 2 is 2.03 bits per heavy atom. The number of nitrogens with one attached hydrogen (secondary N) is 1. The van der Waals surface area contributed by atoms with E-state index in [4.69, 9.17) is 13.9 Å². The Morgan fingerprint density at radius 1 is 1.20 bits per heavy atom. The number of nitrogens with zero attached hydrogens (tertiary/aromatic N) is 2. The molecule has 2 aromatic carbocycles. The molecule has 1 amide bonds. The summed E-state index contributed by atoms with van der Waals surface area (Å²) in [6.45, 7) is 5.86. The number of imidazole rings is 1. The molecule has 7 nitrogen and oxygen atoms in total. The highest BCUT2D eigenvalue weighted by Crippen LogP contribution is 2.32. The summed E-state index contributed by atoms with van der Waals surface area (Å²) in [7, 11) is 1.58. The van der Waals surface area contributed by atoms with Gasteiger partial charge < -0.3 is 18.5 Å². The lowest BCUT2D eigenvalue weighted by molar-refractivity contribution is 0.0996. The van der Waals surface area contributed by atoms with Gasteiger partial charge in [0.15, 0.2) is 17.1 Å². The number of carbonyl (C=O) groups is 1. The average molecular weight is 407 g/mol. The van der Waals surface area contributed by atoms with Crippen molar-refractivity contribution in [1.82, 2.24) is 9.55 Å². The van der Waals surface area contributed by atoms with Gasteiger partial charge in [-0.1, -0.05) is 24.3 Å². The summed E-state index contributed by atoms with van der Waals surface area (Å²) in [5.74, 6) is 0.997. The zero-order chi connectivity index (χ0) is 21.1. The van der Waals surface area contributed by atoms with E-state index in [1.165, 1.54) is 0 Å². The topological polar surface area (TPSA) is 78.5 Å². The Kier molecular flexibility index (Phi) is 5.72. The molecule has 156 valence electrons. The monoisotopic (exact) mass is 407 g/mol. The first-order valence-electron chi connectivity index (χ1n) is 10.0. The summed E-state index contributed by atoms with van der Waals surface area (Å²) in [5, 5.41) is 3.79. The summed E-state index contributed by atoms with van der Waals surface area (Å²) in [5.41, 5.74) is 3.12. The van der Waals surface area contributed by atoms with E-state index < -0.39 is 0 Å². The molecule has 0 radical (unpaired) electrons. The van der Waals surface area contributed by atoms with Gasteiger partial charge in [-0.05, 0) is 38.5 Å². The van der Waals surface area contributed by atoms with Crippen LogP contribution in [-0.2, 0) is 11.3 Å². The molecule has 0 aliphatic rings. The van der Waals surface area contributed by atoms with Crippen LogP contribution in [0.5, 0.6) is 5.75 Å². The maximum atomic E-state index is 13.1. The summed E-state index contributed by atoms with van der Waals surface area (Å²) < 4.78 is 18.7. The van der Waals surface area contributed by atoms with E-state index in [0.717, 1.165) is 28.4 Å². The molecule has 0 saturated heterocycles. The smallest absolute Gasteiger partial charge is 0.294 e. The molecule has 0 unspecified atom stereocenters. The third-order valence-corrected chi connectivity index (χ3v) is 5.11. The molecule has 0 spiro atoms. The first-order valence-corrected chi connectivity index (χ1v) is 10.0. The lowest BCUT2D eigenvalue weighted by Crippen LogP contribution is -2.16. The van der Waals surface area contributed by atoms with Crippen molar-refractivity contribution in [2.45, 2.75) is 26.8 Å². The number of ether oxygens (including phenoxy) is 2. The van der Waals surface area contributed by atoms with Crippen LogP contribution in [0.25, 0.3) is 22.0 Å². The largest absolute Gasteiger partial charge is 0.493 e. The number of anilines is 1. The second kappa shape index (κ2) is 8.59. The van der Waals surface area contributed by atoms with Gasteiger partial charge in [0.05, 0.1) is 18.1 Å². The van der Waals surface area contributed by atoms with Crippen LogP contribution < -0.4 is 10.1 Å². The number of carbonyl (C=O) groups excluding carboxylic acids is 1. The summed E-state index contributed by atoms with van der Waals surface area (Å²) >= 11 is 0. The second-order valence-electron chi connectivity index (χ2n) is 6.97. The average Bonchev–Trinajstić information content (AvgIpc) is 3.28. The van der Waals surface area contributed by atoms with E-state index in [0.29, 0.717) is 37.0 Å². The highest BCUT2D eigenvalue weighted by Gasteiger charge is 2.22. The van der Waals surface area contributed by atoms with Gasteiger partial charge in [-0.25, -0.2) is 4.98 Å². The first kappa shape index (κ1) is 20.0. The third-order valence-electron chi connectivity index (χ3n) is 5.11. The number of benzene rings is 2. The van der Waals surface area contributed by atoms with Gasteiger partial charge in [0, 0.05) is 30.7 Å². The molecule has 0 fully saturated rings. The highest BCUT2D eigenvalue weighted by atomic mass is 16.5. The van der Waals surface area contributed by atoms with E-state index in [-0.39, 0.29) is 11.7 Å². The molecule has 0 aliphatic carbocycles. The number of aromatic nitrogens is 2. The molecule has 0 aliphatic heterocycles. The Bertz CT molecular complexity index is 1190. The molecule has 30 heavy (non-hydrogen) atoms. The third kappa shape index (κ3) is 3.64. The van der Waals surface area contributed by atoms with Crippen LogP contribution in [0.1, 0.15) is 29.5 Å². The van der Waals surface area contributed by atoms with Crippen LogP contribution in [0.3, 0.4) is 0 Å². The van der Waals surface area contributed by atoms with Crippen molar-refractivity contribution in [2.24, 2.45) is 0 Å². The van der Waals surface area contributed by atoms with E-state index in [9.17, 15) is 4.79 Å². The molecule has 2 heterocycles. The summed E-state index contributed by atoms with van der Waals surface area (Å²) in [6, 6.07) is 13.4. The minimum Gasteiger partial charge on any atom is -0.493 e. The molecule has 0 bridgehead atoms. The molecule has 0 atom stereocenters. The molecule has 4 aromatic rings. The van der Waals surface area contributed by atoms with Gasteiger partial charge in [-0.15, -0.1) is 0 Å². The predicted octanol–water partition coefficient (Wildman–Crippen LogP) is 4.78. The minimum absolute atomic E-state index is 0.252. The maximum absolute atomic E-state index is 13.1. The number of fused-ring (bicyclic) bond motifs is 2. The number of para-hydroxylation sites is 3. The van der Waals surface area contributed by atoms with Crippen molar-refractivity contribution < 1.29 is 18.7 Å². The quantitative estimate of drug-likeness (QED) is 0.425. The van der Waals surface area contributed by atoms with Crippen molar-refractivity contribution in [3.05, 3.63) is 53.8 Å². The summed E-state index contributed by atoms with van der Waals surface area (Å²) in [6.07, 6.45) is 0.817. The number of hydrogen-bond acceptors (Lipinski definition) is 5. The van der Waals surface area contributed by atoms with Crippen molar-refractivity contribution in [1.29, 1.82) is 0 Å². The fourth-order valence-corrected chi connectivity index (χ4v) is 3.62. The number of methoxy groups -OCH3 is 1. The van der Waals surface area contributed by atoms with Crippen LogP contribution in [0, 0.1) is 6.92 Å². The van der Waals surface area contributed by atoms with Crippen molar-refractivity contribution in [2.75, 3.05) is 25.6 Å². The van der Waals surface area contributed by atoms with Gasteiger partial charge in [-0.3, -0.25) is 10.1 Å². The molecule has 2 aromatic heterocycles. The molecule has 7 heteroatoms. The fraction of sp³-hybridized carbons (Fsp3) is 0.304. The van der Waals surface area contributed by atoms with Gasteiger partial charge >= 0.3 is 0 Å². The van der Waals surface area contributed by atoms with E-state index in [1.807, 2.05) is 60.9 Å². The van der Waals surface area contributed by atoms with Crippen LogP contribution >= 0.6 is 0 Å². The number of hydrogen-bond donors (Lipinski definition) is 1. The van der Waals surface area contributed by atoms with Crippen molar-refractivity contribution in [3.63, 3.8) is 0 Å². The predicted molar refractivity (Wildman–Crippen MR) is 116 cm³/mol. The number of amides is 1. The SMILES string of the molecule is CCOCCCn1c(NC(=O)c2oc3c(OC)cccc3c2C)nc2ccccc21. The van der Waals surface area contributed by atoms with Gasteiger partial charge in [0.1, 0.15) is 0 Å². The Hall–Kier alpha value is -3.32. The van der Waals surface area contributed by atoms with Crippen LogP contribution in [0.2, 0.25) is 0 Å². The van der Waals surface area contributed by atoms with Gasteiger partial charge in [0.2, 0.25) is 5.95 Å². The normalized spacial score (nSPS) is 11.3. The fourth-order valence-electron chi connectivity index (χ4n) is 3.62. The standard InChI is InChI=1S/C23H25N3O4/c1-4-29-14-8-13-26-18-11-6-5-10-17(18)24-23(26)25-22(27)20-15(2)16-9-7-12-19(28-3)21(16)30-20/h5-7,9-12H,4,8,13-14H2,1-3H3,(H,24,25,27). The number of furan rings is 1. The first-order chi connectivity index (χ1) is 14.6. The second-order valence-corrected chi connectivity index (χ2v) is 6.97. The van der Waals surface area contributed by atoms with E-state index in [1.54, 1.807) is 7.11 Å². The lowest BCUT2D eigenvalue weighted by atomic mass is 10.1. The van der Waals surface area contributed by atoms with Crippen LogP contribution in [0.15, 0.2) is 46.9 Å². The zero-order valence-electron chi connectivity index (χ0n) is 17.4. The molecule has 1 N–H and O–H groups in total. The van der Waals surface area contributed by atoms with Crippen LogP contribution in [0.4, 0.5) is 5.95 Å². The summed E-state index contributed by atoms with van der Waals surface area (Å²) in [4.78, 5) is 17.7. The number of rotatable bonds is 8. The molecule has 0 saturated carbocycles. The highest BCUT2D eigenvalue weighted by molar-refractivity contribution is 6.06. The Labute approximate surface area is 174 Å². The minimum atomic E-state index is -0.341.